The number of amides is 1. The van der Waals surface area contributed by atoms with Crippen molar-refractivity contribution in [1.29, 1.82) is 0 Å². The molecule has 190 valence electrons. The molecular weight excluding hydrogens is 495 g/mol. The number of benzene rings is 2. The first-order chi connectivity index (χ1) is 18.0. The van der Waals surface area contributed by atoms with Crippen LogP contribution in [-0.2, 0) is 4.79 Å². The van der Waals surface area contributed by atoms with E-state index < -0.39 is 5.82 Å². The molecule has 37 heavy (non-hydrogen) atoms. The molecule has 0 atom stereocenters. The van der Waals surface area contributed by atoms with Gasteiger partial charge in [0.15, 0.2) is 0 Å². The van der Waals surface area contributed by atoms with Gasteiger partial charge in [-0.2, -0.15) is 10.2 Å². The lowest BCUT2D eigenvalue weighted by molar-refractivity contribution is -0.130. The Morgan fingerprint density at radius 3 is 2.76 bits per heavy atom. The minimum absolute atomic E-state index is 0.129. The summed E-state index contributed by atoms with van der Waals surface area (Å²) in [4.78, 5) is 20.1. The lowest BCUT2D eigenvalue weighted by atomic mass is 10.1. The molecule has 1 amide bonds. The van der Waals surface area contributed by atoms with E-state index in [-0.39, 0.29) is 11.5 Å². The third-order valence-electron chi connectivity index (χ3n) is 6.35. The topological polar surface area (TPSA) is 83.5 Å². The predicted molar refractivity (Wildman–Crippen MR) is 142 cm³/mol. The number of piperazine rings is 1. The second-order valence-electron chi connectivity index (χ2n) is 8.81. The number of nitrogens with one attached hydrogen (secondary N) is 1. The Hall–Kier alpha value is -3.82. The largest absolute Gasteiger partial charge is 0.492 e. The zero-order valence-corrected chi connectivity index (χ0v) is 21.1. The molecule has 1 fully saturated rings. The number of pyridine rings is 1. The summed E-state index contributed by atoms with van der Waals surface area (Å²) in [5.41, 5.74) is 2.92. The van der Waals surface area contributed by atoms with Crippen LogP contribution in [0.4, 0.5) is 15.8 Å². The van der Waals surface area contributed by atoms with Crippen LogP contribution in [-0.4, -0.2) is 70.2 Å². The molecule has 2 aromatic heterocycles. The Kier molecular flexibility index (Phi) is 7.43. The summed E-state index contributed by atoms with van der Waals surface area (Å²) >= 11 is 6.04. The van der Waals surface area contributed by atoms with Crippen molar-refractivity contribution < 1.29 is 13.9 Å². The molecule has 1 saturated heterocycles. The minimum Gasteiger partial charge on any atom is -0.492 e. The van der Waals surface area contributed by atoms with Crippen LogP contribution in [0.3, 0.4) is 0 Å². The molecule has 1 aliphatic rings. The number of carbonyl (C=O) groups is 1. The first-order valence-electron chi connectivity index (χ1n) is 12.0. The van der Waals surface area contributed by atoms with Crippen molar-refractivity contribution >= 4 is 39.8 Å². The van der Waals surface area contributed by atoms with Gasteiger partial charge >= 0.3 is 0 Å². The van der Waals surface area contributed by atoms with Gasteiger partial charge in [0.1, 0.15) is 18.2 Å². The van der Waals surface area contributed by atoms with Crippen LogP contribution in [0.2, 0.25) is 5.02 Å². The standard InChI is InChI=1S/C27H26ClFN6O2/c1-18(36)35-10-8-34(9-11-35)12-13-37-21-3-4-22-25(6-7-30-26(22)16-21)32-20-15-27(33-31-17-20)23-14-19(28)2-5-24(23)29/h2-7,14-17H,8-13H2,1H3,(H,30,32,33). The molecule has 2 aromatic carbocycles. The summed E-state index contributed by atoms with van der Waals surface area (Å²) in [6.07, 6.45) is 3.29. The number of rotatable bonds is 7. The summed E-state index contributed by atoms with van der Waals surface area (Å²) in [5.74, 6) is 0.448. The molecule has 0 saturated carbocycles. The molecule has 4 aromatic rings. The quantitative estimate of drug-likeness (QED) is 0.376. The molecule has 1 aliphatic heterocycles. The molecule has 0 bridgehead atoms. The molecule has 1 N–H and O–H groups in total. The van der Waals surface area contributed by atoms with Crippen molar-refractivity contribution in [2.75, 3.05) is 44.6 Å². The predicted octanol–water partition coefficient (Wildman–Crippen LogP) is 4.77. The fourth-order valence-corrected chi connectivity index (χ4v) is 4.49. The van der Waals surface area contributed by atoms with Crippen LogP contribution in [0, 0.1) is 5.82 Å². The highest BCUT2D eigenvalue weighted by molar-refractivity contribution is 6.30. The maximum atomic E-state index is 14.3. The zero-order chi connectivity index (χ0) is 25.8. The van der Waals surface area contributed by atoms with Crippen LogP contribution in [0.5, 0.6) is 5.75 Å². The van der Waals surface area contributed by atoms with Crippen molar-refractivity contribution in [3.63, 3.8) is 0 Å². The van der Waals surface area contributed by atoms with Gasteiger partial charge in [0.05, 0.1) is 23.1 Å². The fourth-order valence-electron chi connectivity index (χ4n) is 4.32. The molecule has 3 heterocycles. The van der Waals surface area contributed by atoms with Gasteiger partial charge < -0.3 is 15.0 Å². The number of anilines is 2. The first-order valence-corrected chi connectivity index (χ1v) is 12.4. The maximum Gasteiger partial charge on any atom is 0.219 e. The fraction of sp³-hybridized carbons (Fsp3) is 0.259. The molecule has 0 spiro atoms. The zero-order valence-electron chi connectivity index (χ0n) is 20.3. The number of halogens is 2. The Bertz CT molecular complexity index is 1430. The highest BCUT2D eigenvalue weighted by Gasteiger charge is 2.18. The van der Waals surface area contributed by atoms with Crippen molar-refractivity contribution in [2.24, 2.45) is 0 Å². The van der Waals surface area contributed by atoms with E-state index >= 15 is 0 Å². The van der Waals surface area contributed by atoms with E-state index in [9.17, 15) is 9.18 Å². The Balaban J connectivity index is 1.25. The number of aromatic nitrogens is 3. The van der Waals surface area contributed by atoms with Crippen molar-refractivity contribution in [3.05, 3.63) is 71.8 Å². The second kappa shape index (κ2) is 11.1. The van der Waals surface area contributed by atoms with Gasteiger partial charge in [-0.25, -0.2) is 4.39 Å². The summed E-state index contributed by atoms with van der Waals surface area (Å²) in [6, 6.07) is 13.7. The number of nitrogens with zero attached hydrogens (tertiary/aromatic N) is 5. The Labute approximate surface area is 219 Å². The summed E-state index contributed by atoms with van der Waals surface area (Å²) < 4.78 is 20.3. The maximum absolute atomic E-state index is 14.3. The third-order valence-corrected chi connectivity index (χ3v) is 6.58. The molecule has 0 unspecified atom stereocenters. The number of hydrogen-bond donors (Lipinski definition) is 1. The van der Waals surface area contributed by atoms with Gasteiger partial charge in [-0.3, -0.25) is 14.7 Å². The van der Waals surface area contributed by atoms with Crippen molar-refractivity contribution in [2.45, 2.75) is 6.92 Å². The monoisotopic (exact) mass is 520 g/mol. The van der Waals surface area contributed by atoms with Crippen LogP contribution in [0.25, 0.3) is 22.2 Å². The normalized spacial score (nSPS) is 14.1. The second-order valence-corrected chi connectivity index (χ2v) is 9.25. The summed E-state index contributed by atoms with van der Waals surface area (Å²) in [6.45, 7) is 6.18. The van der Waals surface area contributed by atoms with Crippen molar-refractivity contribution in [3.8, 4) is 17.0 Å². The van der Waals surface area contributed by atoms with Crippen molar-refractivity contribution in [1.82, 2.24) is 25.0 Å². The number of carbonyl (C=O) groups excluding carboxylic acids is 1. The SMILES string of the molecule is CC(=O)N1CCN(CCOc2ccc3c(Nc4cnnc(-c5cc(Cl)ccc5F)c4)ccnc3c2)CC1. The molecule has 8 nitrogen and oxygen atoms in total. The van der Waals surface area contributed by atoms with Gasteiger partial charge in [-0.05, 0) is 42.5 Å². The summed E-state index contributed by atoms with van der Waals surface area (Å²) in [7, 11) is 0. The third kappa shape index (κ3) is 5.95. The Morgan fingerprint density at radius 1 is 1.11 bits per heavy atom. The van der Waals surface area contributed by atoms with Crippen LogP contribution >= 0.6 is 11.6 Å². The van der Waals surface area contributed by atoms with E-state index in [0.29, 0.717) is 23.0 Å². The smallest absolute Gasteiger partial charge is 0.219 e. The molecule has 0 radical (unpaired) electrons. The number of fused-ring (bicyclic) bond motifs is 1. The lowest BCUT2D eigenvalue weighted by Crippen LogP contribution is -2.48. The molecule has 10 heteroatoms. The van der Waals surface area contributed by atoms with E-state index in [2.05, 4.69) is 25.4 Å². The van der Waals surface area contributed by atoms with Crippen LogP contribution in [0.1, 0.15) is 6.92 Å². The van der Waals surface area contributed by atoms with Gasteiger partial charge in [-0.15, -0.1) is 0 Å². The van der Waals surface area contributed by atoms with Crippen LogP contribution in [0.15, 0.2) is 60.9 Å². The van der Waals surface area contributed by atoms with Gasteiger partial charge in [0, 0.05) is 73.6 Å². The number of hydrogen-bond acceptors (Lipinski definition) is 7. The minimum atomic E-state index is -0.420. The molecular formula is C27H26ClFN6O2. The van der Waals surface area contributed by atoms with Gasteiger partial charge in [-0.1, -0.05) is 11.6 Å². The average molecular weight is 521 g/mol. The Morgan fingerprint density at radius 2 is 1.95 bits per heavy atom. The van der Waals surface area contributed by atoms with E-state index in [1.807, 2.05) is 29.2 Å². The summed E-state index contributed by atoms with van der Waals surface area (Å²) in [5, 5.41) is 12.7. The lowest BCUT2D eigenvalue weighted by Gasteiger charge is -2.34. The van der Waals surface area contributed by atoms with E-state index in [1.54, 1.807) is 25.4 Å². The van der Waals surface area contributed by atoms with E-state index in [0.717, 1.165) is 55.1 Å². The number of ether oxygens (including phenoxy) is 1. The van der Waals surface area contributed by atoms with Crippen LogP contribution < -0.4 is 10.1 Å². The highest BCUT2D eigenvalue weighted by atomic mass is 35.5. The first kappa shape index (κ1) is 24.9. The van der Waals surface area contributed by atoms with E-state index in [4.69, 9.17) is 16.3 Å². The van der Waals surface area contributed by atoms with E-state index in [1.165, 1.54) is 18.2 Å². The van der Waals surface area contributed by atoms with Gasteiger partial charge in [0.2, 0.25) is 5.91 Å². The molecule has 5 rings (SSSR count). The average Bonchev–Trinajstić information content (AvgIpc) is 2.90. The van der Waals surface area contributed by atoms with Gasteiger partial charge in [0.25, 0.3) is 0 Å². The molecule has 0 aliphatic carbocycles. The highest BCUT2D eigenvalue weighted by Crippen LogP contribution is 2.30.